The lowest BCUT2D eigenvalue weighted by molar-refractivity contribution is -0.137. The summed E-state index contributed by atoms with van der Waals surface area (Å²) in [6.45, 7) is 0.319. The van der Waals surface area contributed by atoms with Crippen molar-refractivity contribution in [3.8, 4) is 5.75 Å². The monoisotopic (exact) mass is 572 g/mol. The molecule has 40 heavy (non-hydrogen) atoms. The molecular formula is C27H26F2N4O6S. The molecule has 0 spiro atoms. The van der Waals surface area contributed by atoms with Gasteiger partial charge in [0.15, 0.2) is 11.4 Å². The predicted octanol–water partition coefficient (Wildman–Crippen LogP) is 4.86. The van der Waals surface area contributed by atoms with Crippen molar-refractivity contribution >= 4 is 46.0 Å². The summed E-state index contributed by atoms with van der Waals surface area (Å²) in [6.07, 6.45) is 2.06. The number of ether oxygens (including phenoxy) is 2. The molecule has 210 valence electrons. The number of hydrogen-bond acceptors (Lipinski definition) is 9. The van der Waals surface area contributed by atoms with E-state index in [9.17, 15) is 14.0 Å². The number of fused-ring (bicyclic) bond motifs is 1. The fraction of sp³-hybridized carbons (Fsp3) is 0.333. The number of methoxy groups -OCH3 is 2. The maximum absolute atomic E-state index is 15.5. The van der Waals surface area contributed by atoms with E-state index in [-0.39, 0.29) is 59.3 Å². The summed E-state index contributed by atoms with van der Waals surface area (Å²) in [5.74, 6) is -2.08. The molecule has 2 aromatic heterocycles. The van der Waals surface area contributed by atoms with Crippen molar-refractivity contribution in [2.45, 2.75) is 37.8 Å². The Bertz CT molecular complexity index is 1560. The Morgan fingerprint density at radius 2 is 2.08 bits per heavy atom. The van der Waals surface area contributed by atoms with Gasteiger partial charge in [0, 0.05) is 42.8 Å². The van der Waals surface area contributed by atoms with Crippen molar-refractivity contribution in [3.05, 3.63) is 63.6 Å². The van der Waals surface area contributed by atoms with Gasteiger partial charge in [-0.15, -0.1) is 11.3 Å². The number of oxazole rings is 1. The summed E-state index contributed by atoms with van der Waals surface area (Å²) in [7, 11) is 3.00. The number of carboxylic acid groups (broad SMARTS) is 1. The molecule has 13 heteroatoms. The Balaban J connectivity index is 1.35. The van der Waals surface area contributed by atoms with Crippen molar-refractivity contribution in [1.82, 2.24) is 14.9 Å². The molecule has 1 amide bonds. The van der Waals surface area contributed by atoms with E-state index in [0.29, 0.717) is 30.1 Å². The molecule has 5 rings (SSSR count). The lowest BCUT2D eigenvalue weighted by atomic mass is 10.1. The number of amides is 1. The lowest BCUT2D eigenvalue weighted by Gasteiger charge is -2.23. The highest BCUT2D eigenvalue weighted by atomic mass is 32.1. The first-order chi connectivity index (χ1) is 19.2. The van der Waals surface area contributed by atoms with Crippen LogP contribution in [0.15, 0.2) is 40.9 Å². The zero-order chi connectivity index (χ0) is 28.4. The molecule has 0 bridgehead atoms. The minimum Gasteiger partial charge on any atom is -0.495 e. The smallest absolute Gasteiger partial charge is 0.303 e. The Morgan fingerprint density at radius 1 is 1.25 bits per heavy atom. The molecule has 10 nitrogen and oxygen atoms in total. The summed E-state index contributed by atoms with van der Waals surface area (Å²) in [5.41, 5.74) is 0.469. The first-order valence-corrected chi connectivity index (χ1v) is 13.2. The average molecular weight is 573 g/mol. The first kappa shape index (κ1) is 27.5. The number of carbonyl (C=O) groups is 2. The Kier molecular flexibility index (Phi) is 7.94. The summed E-state index contributed by atoms with van der Waals surface area (Å²) in [6, 6.07) is 6.48. The van der Waals surface area contributed by atoms with E-state index in [4.69, 9.17) is 19.0 Å². The fourth-order valence-electron chi connectivity index (χ4n) is 4.65. The maximum atomic E-state index is 15.5. The molecule has 1 aliphatic heterocycles. The van der Waals surface area contributed by atoms with Gasteiger partial charge in [-0.25, -0.2) is 13.8 Å². The van der Waals surface area contributed by atoms with Crippen LogP contribution in [0, 0.1) is 11.6 Å². The number of nitrogens with one attached hydrogen (secondary N) is 1. The summed E-state index contributed by atoms with van der Waals surface area (Å²) < 4.78 is 45.5. The number of benzene rings is 2. The number of carboxylic acids is 1. The van der Waals surface area contributed by atoms with Crippen molar-refractivity contribution in [2.24, 2.45) is 0 Å². The highest BCUT2D eigenvalue weighted by Crippen LogP contribution is 2.37. The number of nitrogens with zero attached hydrogens (tertiary/aromatic N) is 3. The third-order valence-electron chi connectivity index (χ3n) is 6.68. The van der Waals surface area contributed by atoms with Gasteiger partial charge in [0.25, 0.3) is 6.01 Å². The molecule has 0 aliphatic carbocycles. The Hall–Kier alpha value is -4.10. The van der Waals surface area contributed by atoms with E-state index in [1.54, 1.807) is 24.3 Å². The third kappa shape index (κ3) is 5.75. The van der Waals surface area contributed by atoms with Gasteiger partial charge < -0.3 is 29.2 Å². The fourth-order valence-corrected chi connectivity index (χ4v) is 5.69. The Morgan fingerprint density at radius 3 is 2.83 bits per heavy atom. The van der Waals surface area contributed by atoms with E-state index >= 15 is 4.39 Å². The molecule has 0 saturated carbocycles. The SMILES string of the molecule is COc1ccc(F)cc1Nc1nc2ccc(CC(=O)N3C[C@@H](OC)C[C@H]3c3ncc(CCC(=O)O)s3)c(F)c2o1. The van der Waals surface area contributed by atoms with E-state index in [1.165, 1.54) is 42.7 Å². The van der Waals surface area contributed by atoms with Crippen molar-refractivity contribution in [1.29, 1.82) is 0 Å². The largest absolute Gasteiger partial charge is 0.495 e. The number of likely N-dealkylation sites (tertiary alicyclic amines) is 1. The molecule has 2 N–H and O–H groups in total. The van der Waals surface area contributed by atoms with E-state index in [1.807, 2.05) is 0 Å². The van der Waals surface area contributed by atoms with Gasteiger partial charge in [-0.1, -0.05) is 6.07 Å². The Labute approximate surface area is 231 Å². The molecular weight excluding hydrogens is 546 g/mol. The third-order valence-corrected chi connectivity index (χ3v) is 7.84. The number of aliphatic carboxylic acids is 1. The maximum Gasteiger partial charge on any atom is 0.303 e. The van der Waals surface area contributed by atoms with Crippen LogP contribution >= 0.6 is 11.3 Å². The van der Waals surface area contributed by atoms with E-state index in [0.717, 1.165) is 4.88 Å². The van der Waals surface area contributed by atoms with Crippen LogP contribution in [0.4, 0.5) is 20.5 Å². The second kappa shape index (κ2) is 11.6. The van der Waals surface area contributed by atoms with Gasteiger partial charge >= 0.3 is 5.97 Å². The molecule has 3 heterocycles. The highest BCUT2D eigenvalue weighted by molar-refractivity contribution is 7.11. The minimum atomic E-state index is -0.894. The van der Waals surface area contributed by atoms with Gasteiger partial charge in [-0.2, -0.15) is 4.98 Å². The second-order valence-electron chi connectivity index (χ2n) is 9.27. The number of aryl methyl sites for hydroxylation is 1. The van der Waals surface area contributed by atoms with Crippen LogP contribution in [0.2, 0.25) is 0 Å². The number of thiazole rings is 1. The zero-order valence-corrected chi connectivity index (χ0v) is 22.5. The average Bonchev–Trinajstić information content (AvgIpc) is 3.67. The minimum absolute atomic E-state index is 0.00789. The van der Waals surface area contributed by atoms with Crippen LogP contribution in [0.25, 0.3) is 11.1 Å². The molecule has 2 atom stereocenters. The van der Waals surface area contributed by atoms with Crippen LogP contribution in [0.1, 0.15) is 34.3 Å². The van der Waals surface area contributed by atoms with Crippen LogP contribution in [0.3, 0.4) is 0 Å². The predicted molar refractivity (Wildman–Crippen MR) is 142 cm³/mol. The van der Waals surface area contributed by atoms with Gasteiger partial charge in [-0.3, -0.25) is 9.59 Å². The van der Waals surface area contributed by atoms with E-state index < -0.39 is 17.6 Å². The van der Waals surface area contributed by atoms with Gasteiger partial charge in [-0.05, 0) is 24.6 Å². The molecule has 4 aromatic rings. The van der Waals surface area contributed by atoms with Gasteiger partial charge in [0.05, 0.1) is 37.8 Å². The van der Waals surface area contributed by atoms with Crippen molar-refractivity contribution < 1.29 is 37.4 Å². The van der Waals surface area contributed by atoms with Crippen LogP contribution in [-0.4, -0.2) is 58.7 Å². The summed E-state index contributed by atoms with van der Waals surface area (Å²) in [4.78, 5) is 35.4. The van der Waals surface area contributed by atoms with Crippen LogP contribution in [-0.2, 0) is 27.2 Å². The normalized spacial score (nSPS) is 16.9. The van der Waals surface area contributed by atoms with Gasteiger partial charge in [0.1, 0.15) is 22.1 Å². The number of anilines is 2. The topological polar surface area (TPSA) is 127 Å². The molecule has 0 radical (unpaired) electrons. The van der Waals surface area contributed by atoms with E-state index in [2.05, 4.69) is 15.3 Å². The lowest BCUT2D eigenvalue weighted by Crippen LogP contribution is -2.33. The first-order valence-electron chi connectivity index (χ1n) is 12.4. The highest BCUT2D eigenvalue weighted by Gasteiger charge is 2.38. The molecule has 1 aliphatic rings. The number of rotatable bonds is 10. The zero-order valence-electron chi connectivity index (χ0n) is 21.6. The standard InChI is InChI=1S/C27H26F2N4O6S/c1-37-16-11-20(26-30-12-17(40-26)5-8-23(35)36)33(13-16)22(34)9-14-3-6-18-25(24(14)29)39-27(31-18)32-19-10-15(28)4-7-21(19)38-2/h3-4,6-7,10,12,16,20H,5,8-9,11,13H2,1-2H3,(H,31,32)(H,35,36)/t16-,20-/m0/s1. The summed E-state index contributed by atoms with van der Waals surface area (Å²) >= 11 is 1.36. The summed E-state index contributed by atoms with van der Waals surface area (Å²) in [5, 5.41) is 12.4. The van der Waals surface area contributed by atoms with Crippen LogP contribution in [0.5, 0.6) is 5.75 Å². The molecule has 0 unspecified atom stereocenters. The second-order valence-corrected chi connectivity index (χ2v) is 10.4. The quantitative estimate of drug-likeness (QED) is 0.274. The molecule has 1 fully saturated rings. The van der Waals surface area contributed by atoms with Crippen LogP contribution < -0.4 is 10.1 Å². The number of carbonyl (C=O) groups excluding carboxylic acids is 1. The van der Waals surface area contributed by atoms with Crippen molar-refractivity contribution in [2.75, 3.05) is 26.1 Å². The molecule has 1 saturated heterocycles. The number of halogens is 2. The van der Waals surface area contributed by atoms with Gasteiger partial charge in [0.2, 0.25) is 5.91 Å². The number of aromatic nitrogens is 2. The molecule has 2 aromatic carbocycles. The number of hydrogen-bond donors (Lipinski definition) is 2. The van der Waals surface area contributed by atoms with Crippen molar-refractivity contribution in [3.63, 3.8) is 0 Å².